The van der Waals surface area contributed by atoms with Gasteiger partial charge >= 0.3 is 5.97 Å². The molecule has 6 heteroatoms. The maximum atomic E-state index is 11.6. The fourth-order valence-corrected chi connectivity index (χ4v) is 1.40. The van der Waals surface area contributed by atoms with Gasteiger partial charge in [0, 0.05) is 0 Å². The van der Waals surface area contributed by atoms with Crippen molar-refractivity contribution in [2.75, 3.05) is 0 Å². The molecule has 1 rings (SSSR count). The number of hydrogen-bond donors (Lipinski definition) is 3. The van der Waals surface area contributed by atoms with Gasteiger partial charge in [-0.25, -0.2) is 4.79 Å². The molecule has 0 fully saturated rings. The summed E-state index contributed by atoms with van der Waals surface area (Å²) in [5.41, 5.74) is -0.0960. The number of halogens is 1. The fraction of sp³-hybridized carbons (Fsp3) is 0.273. The standard InChI is InChI=1S/C11H11ClO5/c1-5(12)9(14)7-4-6(2-3-8(7)13)10(15)11(16)17/h2-5,10,13,15H,1H3,(H,16,17). The summed E-state index contributed by atoms with van der Waals surface area (Å²) in [5, 5.41) is 26.5. The highest BCUT2D eigenvalue weighted by atomic mass is 35.5. The molecule has 92 valence electrons. The van der Waals surface area contributed by atoms with E-state index < -0.39 is 23.2 Å². The van der Waals surface area contributed by atoms with E-state index in [0.29, 0.717) is 0 Å². The van der Waals surface area contributed by atoms with Crippen molar-refractivity contribution in [3.63, 3.8) is 0 Å². The van der Waals surface area contributed by atoms with Gasteiger partial charge in [0.05, 0.1) is 10.9 Å². The van der Waals surface area contributed by atoms with Gasteiger partial charge in [-0.3, -0.25) is 4.79 Å². The predicted octanol–water partition coefficient (Wildman–Crippen LogP) is 1.32. The molecule has 0 aromatic heterocycles. The molecule has 3 N–H and O–H groups in total. The molecule has 0 aliphatic heterocycles. The number of Topliss-reactive ketones (excluding diaryl/α,β-unsaturated/α-hetero) is 1. The Morgan fingerprint density at radius 1 is 1.35 bits per heavy atom. The number of phenols is 1. The van der Waals surface area contributed by atoms with E-state index in [9.17, 15) is 19.8 Å². The van der Waals surface area contributed by atoms with E-state index in [0.717, 1.165) is 12.1 Å². The van der Waals surface area contributed by atoms with Crippen LogP contribution in [-0.4, -0.2) is 32.4 Å². The van der Waals surface area contributed by atoms with Gasteiger partial charge < -0.3 is 15.3 Å². The maximum absolute atomic E-state index is 11.6. The van der Waals surface area contributed by atoms with E-state index in [1.807, 2.05) is 0 Å². The van der Waals surface area contributed by atoms with Gasteiger partial charge in [0.25, 0.3) is 0 Å². The minimum Gasteiger partial charge on any atom is -0.507 e. The molecular weight excluding hydrogens is 248 g/mol. The van der Waals surface area contributed by atoms with Gasteiger partial charge in [0.1, 0.15) is 5.75 Å². The second-order valence-corrected chi connectivity index (χ2v) is 4.15. The lowest BCUT2D eigenvalue weighted by atomic mass is 10.0. The fourth-order valence-electron chi connectivity index (χ4n) is 1.28. The lowest BCUT2D eigenvalue weighted by Crippen LogP contribution is -2.14. The number of carboxylic acid groups (broad SMARTS) is 1. The van der Waals surface area contributed by atoms with Crippen molar-refractivity contribution in [2.24, 2.45) is 0 Å². The minimum absolute atomic E-state index is 0.0102. The summed E-state index contributed by atoms with van der Waals surface area (Å²) in [6.07, 6.45) is -1.74. The molecule has 0 amide bonds. The normalized spacial score (nSPS) is 14.1. The van der Waals surface area contributed by atoms with Gasteiger partial charge in [0.15, 0.2) is 11.9 Å². The molecule has 2 atom stereocenters. The van der Waals surface area contributed by atoms with Crippen molar-refractivity contribution in [2.45, 2.75) is 18.4 Å². The number of carbonyl (C=O) groups excluding carboxylic acids is 1. The van der Waals surface area contributed by atoms with Crippen molar-refractivity contribution in [1.29, 1.82) is 0 Å². The molecular formula is C11H11ClO5. The predicted molar refractivity (Wildman–Crippen MR) is 60.3 cm³/mol. The Kier molecular flexibility index (Phi) is 4.09. The average molecular weight is 259 g/mol. The van der Waals surface area contributed by atoms with Crippen molar-refractivity contribution in [1.82, 2.24) is 0 Å². The highest BCUT2D eigenvalue weighted by molar-refractivity contribution is 6.33. The monoisotopic (exact) mass is 258 g/mol. The van der Waals surface area contributed by atoms with Crippen LogP contribution in [0.5, 0.6) is 5.75 Å². The van der Waals surface area contributed by atoms with E-state index in [1.165, 1.54) is 13.0 Å². The lowest BCUT2D eigenvalue weighted by molar-refractivity contribution is -0.146. The van der Waals surface area contributed by atoms with Crippen LogP contribution < -0.4 is 0 Å². The van der Waals surface area contributed by atoms with E-state index in [1.54, 1.807) is 0 Å². The molecule has 0 aliphatic rings. The molecule has 0 radical (unpaired) electrons. The molecule has 5 nitrogen and oxygen atoms in total. The average Bonchev–Trinajstić information content (AvgIpc) is 2.27. The van der Waals surface area contributed by atoms with E-state index in [-0.39, 0.29) is 16.9 Å². The molecule has 0 bridgehead atoms. The molecule has 1 aromatic carbocycles. The van der Waals surface area contributed by atoms with Gasteiger partial charge in [-0.2, -0.15) is 0 Å². The molecule has 1 aromatic rings. The molecule has 0 saturated carbocycles. The highest BCUT2D eigenvalue weighted by Gasteiger charge is 2.21. The van der Waals surface area contributed by atoms with Crippen LogP contribution >= 0.6 is 11.6 Å². The van der Waals surface area contributed by atoms with Gasteiger partial charge in [-0.15, -0.1) is 11.6 Å². The third kappa shape index (κ3) is 2.95. The molecule has 17 heavy (non-hydrogen) atoms. The Balaban J connectivity index is 3.19. The molecule has 0 saturated heterocycles. The summed E-state index contributed by atoms with van der Waals surface area (Å²) >= 11 is 5.59. The van der Waals surface area contributed by atoms with Crippen LogP contribution in [-0.2, 0) is 4.79 Å². The van der Waals surface area contributed by atoms with Crippen LogP contribution in [0, 0.1) is 0 Å². The number of carbonyl (C=O) groups is 2. The van der Waals surface area contributed by atoms with Crippen molar-refractivity contribution in [3.8, 4) is 5.75 Å². The van der Waals surface area contributed by atoms with Crippen LogP contribution in [0.1, 0.15) is 28.9 Å². The van der Waals surface area contributed by atoms with E-state index in [4.69, 9.17) is 16.7 Å². The molecule has 0 spiro atoms. The summed E-state index contributed by atoms with van der Waals surface area (Å²) in [6, 6.07) is 3.49. The summed E-state index contributed by atoms with van der Waals surface area (Å²) in [7, 11) is 0. The third-order valence-corrected chi connectivity index (χ3v) is 2.40. The second kappa shape index (κ2) is 5.16. The van der Waals surface area contributed by atoms with E-state index in [2.05, 4.69) is 0 Å². The number of ketones is 1. The Labute approximate surface area is 102 Å². The van der Waals surface area contributed by atoms with E-state index >= 15 is 0 Å². The molecule has 0 aliphatic carbocycles. The summed E-state index contributed by atoms with van der Waals surface area (Å²) < 4.78 is 0. The SMILES string of the molecule is CC(Cl)C(=O)c1cc(C(O)C(=O)O)ccc1O. The van der Waals surface area contributed by atoms with Crippen LogP contribution in [0.2, 0.25) is 0 Å². The number of aromatic hydroxyl groups is 1. The number of aliphatic hydroxyl groups is 1. The second-order valence-electron chi connectivity index (χ2n) is 3.50. The summed E-state index contributed by atoms with van der Waals surface area (Å²) in [6.45, 7) is 1.43. The number of carboxylic acids is 1. The Morgan fingerprint density at radius 3 is 2.41 bits per heavy atom. The zero-order chi connectivity index (χ0) is 13.2. The maximum Gasteiger partial charge on any atom is 0.337 e. The lowest BCUT2D eigenvalue weighted by Gasteiger charge is -2.10. The van der Waals surface area contributed by atoms with Crippen molar-refractivity contribution >= 4 is 23.4 Å². The van der Waals surface area contributed by atoms with Crippen molar-refractivity contribution < 1.29 is 24.9 Å². The van der Waals surface area contributed by atoms with Gasteiger partial charge in [-0.1, -0.05) is 6.07 Å². The molecule has 0 heterocycles. The number of aliphatic hydroxyl groups excluding tert-OH is 1. The number of benzene rings is 1. The van der Waals surface area contributed by atoms with Crippen LogP contribution in [0.15, 0.2) is 18.2 Å². The summed E-state index contributed by atoms with van der Waals surface area (Å²) in [5.74, 6) is -2.28. The number of hydrogen-bond acceptors (Lipinski definition) is 4. The largest absolute Gasteiger partial charge is 0.507 e. The number of phenolic OH excluding ortho intramolecular Hbond substituents is 1. The summed E-state index contributed by atoms with van der Waals surface area (Å²) in [4.78, 5) is 22.2. The van der Waals surface area contributed by atoms with Crippen LogP contribution in [0.4, 0.5) is 0 Å². The first-order valence-corrected chi connectivity index (χ1v) is 5.20. The van der Waals surface area contributed by atoms with Gasteiger partial charge in [-0.05, 0) is 24.6 Å². The smallest absolute Gasteiger partial charge is 0.337 e. The quantitative estimate of drug-likeness (QED) is 0.559. The minimum atomic E-state index is -1.74. The Bertz CT molecular complexity index is 455. The van der Waals surface area contributed by atoms with Gasteiger partial charge in [0.2, 0.25) is 0 Å². The molecule has 2 unspecified atom stereocenters. The highest BCUT2D eigenvalue weighted by Crippen LogP contribution is 2.24. The van der Waals surface area contributed by atoms with Crippen molar-refractivity contribution in [3.05, 3.63) is 29.3 Å². The first kappa shape index (κ1) is 13.5. The first-order valence-electron chi connectivity index (χ1n) is 4.76. The first-order chi connectivity index (χ1) is 7.84. The third-order valence-electron chi connectivity index (χ3n) is 2.20. The Morgan fingerprint density at radius 2 is 1.94 bits per heavy atom. The zero-order valence-corrected chi connectivity index (χ0v) is 9.68. The number of aliphatic carboxylic acids is 1. The van der Waals surface area contributed by atoms with Crippen LogP contribution in [0.25, 0.3) is 0 Å². The Hall–Kier alpha value is -1.59. The number of rotatable bonds is 4. The topological polar surface area (TPSA) is 94.8 Å². The zero-order valence-electron chi connectivity index (χ0n) is 8.92. The van der Waals surface area contributed by atoms with Crippen LogP contribution in [0.3, 0.4) is 0 Å². The number of alkyl halides is 1.